The molecule has 1 nitrogen and oxygen atoms in total. The van der Waals surface area contributed by atoms with Crippen LogP contribution in [0.3, 0.4) is 0 Å². The second-order valence-electron chi connectivity index (χ2n) is 4.57. The van der Waals surface area contributed by atoms with Crippen molar-refractivity contribution >= 4 is 28.8 Å². The molecule has 0 heterocycles. The van der Waals surface area contributed by atoms with Gasteiger partial charge in [-0.15, -0.1) is 0 Å². The van der Waals surface area contributed by atoms with E-state index in [1.807, 2.05) is 0 Å². The summed E-state index contributed by atoms with van der Waals surface area (Å²) in [6.07, 6.45) is -3.57. The largest absolute Gasteiger partial charge is 0.429 e. The van der Waals surface area contributed by atoms with Gasteiger partial charge in [0, 0.05) is 10.0 Å². The van der Waals surface area contributed by atoms with E-state index in [-0.39, 0.29) is 21.4 Å². The molecule has 0 saturated carbocycles. The Kier molecular flexibility index (Phi) is 4.55. The van der Waals surface area contributed by atoms with Crippen molar-refractivity contribution in [2.75, 3.05) is 0 Å². The van der Waals surface area contributed by atoms with Crippen LogP contribution in [0.25, 0.3) is 5.57 Å². The zero-order valence-electron chi connectivity index (χ0n) is 11.2. The summed E-state index contributed by atoms with van der Waals surface area (Å²) in [6.45, 7) is 5.19. The zero-order valence-corrected chi connectivity index (χ0v) is 12.7. The van der Waals surface area contributed by atoms with Crippen LogP contribution in [-0.2, 0) is 0 Å². The third-order valence-electron chi connectivity index (χ3n) is 2.80. The molecule has 0 aliphatic carbocycles. The number of hydrogen-bond donors (Lipinski definition) is 0. The summed E-state index contributed by atoms with van der Waals surface area (Å²) in [5.41, 5.74) is 0.443. The lowest BCUT2D eigenvalue weighted by Gasteiger charge is -2.21. The van der Waals surface area contributed by atoms with Crippen molar-refractivity contribution in [3.63, 3.8) is 0 Å². The minimum Gasteiger partial charge on any atom is -0.429 e. The topological polar surface area (TPSA) is 9.23 Å². The molecule has 110 valence electrons. The summed E-state index contributed by atoms with van der Waals surface area (Å²) in [6, 6.07) is 10.6. The number of benzene rings is 2. The number of hydrogen-bond acceptors (Lipinski definition) is 1. The highest BCUT2D eigenvalue weighted by atomic mass is 35.5. The van der Waals surface area contributed by atoms with Gasteiger partial charge in [-0.3, -0.25) is 0 Å². The molecule has 0 spiro atoms. The summed E-state index contributed by atoms with van der Waals surface area (Å²) in [7, 11) is 0. The van der Waals surface area contributed by atoms with E-state index >= 15 is 0 Å². The fraction of sp³-hybridized carbons (Fsp3) is 0.125. The van der Waals surface area contributed by atoms with E-state index in [0.29, 0.717) is 0 Å². The lowest BCUT2D eigenvalue weighted by atomic mass is 10.1. The van der Waals surface area contributed by atoms with E-state index in [1.165, 1.54) is 30.3 Å². The van der Waals surface area contributed by atoms with E-state index in [9.17, 15) is 8.78 Å². The zero-order chi connectivity index (χ0) is 15.6. The van der Waals surface area contributed by atoms with Gasteiger partial charge in [0.05, 0.1) is 5.57 Å². The van der Waals surface area contributed by atoms with Crippen molar-refractivity contribution in [1.29, 1.82) is 0 Å². The molecule has 21 heavy (non-hydrogen) atoms. The molecule has 0 bridgehead atoms. The summed E-state index contributed by atoms with van der Waals surface area (Å²) in [4.78, 5) is 0. The molecular formula is C16H12Cl2F2O. The fourth-order valence-electron chi connectivity index (χ4n) is 1.78. The van der Waals surface area contributed by atoms with E-state index in [2.05, 4.69) is 6.58 Å². The molecule has 2 rings (SSSR count). The number of halogens is 4. The molecule has 0 saturated heterocycles. The van der Waals surface area contributed by atoms with E-state index < -0.39 is 11.7 Å². The van der Waals surface area contributed by atoms with Crippen molar-refractivity contribution < 1.29 is 13.5 Å². The lowest BCUT2D eigenvalue weighted by Crippen LogP contribution is -2.26. The predicted molar refractivity (Wildman–Crippen MR) is 82.3 cm³/mol. The third-order valence-corrected chi connectivity index (χ3v) is 3.23. The maximum atomic E-state index is 14.2. The molecule has 0 unspecified atom stereocenters. The molecule has 5 heteroatoms. The van der Waals surface area contributed by atoms with Crippen molar-refractivity contribution in [2.24, 2.45) is 0 Å². The third kappa shape index (κ3) is 3.96. The van der Waals surface area contributed by atoms with Crippen LogP contribution in [0.2, 0.25) is 10.0 Å². The molecule has 2 aromatic rings. The van der Waals surface area contributed by atoms with Crippen molar-refractivity contribution in [3.8, 4) is 5.75 Å². The van der Waals surface area contributed by atoms with Gasteiger partial charge in [-0.05, 0) is 48.4 Å². The quantitative estimate of drug-likeness (QED) is 0.670. The van der Waals surface area contributed by atoms with Crippen molar-refractivity contribution in [3.05, 3.63) is 70.2 Å². The van der Waals surface area contributed by atoms with Gasteiger partial charge in [-0.1, -0.05) is 41.9 Å². The standard InChI is InChI=1S/C16H12Cl2F2O/c1-10-4-3-5-15(6-10)21-16(19,20)11(2)12-7-13(17)9-14(18)8-12/h3-9H,2H2,1H3. The van der Waals surface area contributed by atoms with Gasteiger partial charge in [0.25, 0.3) is 0 Å². The lowest BCUT2D eigenvalue weighted by molar-refractivity contribution is -0.121. The maximum absolute atomic E-state index is 14.2. The van der Waals surface area contributed by atoms with Crippen LogP contribution < -0.4 is 4.74 Å². The SMILES string of the molecule is C=C(c1cc(Cl)cc(Cl)c1)C(F)(F)Oc1cccc(C)c1. The first-order valence-corrected chi connectivity index (χ1v) is 6.83. The van der Waals surface area contributed by atoms with Crippen LogP contribution in [0.1, 0.15) is 11.1 Å². The van der Waals surface area contributed by atoms with Gasteiger partial charge in [0.2, 0.25) is 0 Å². The van der Waals surface area contributed by atoms with Gasteiger partial charge in [0.1, 0.15) is 5.75 Å². The van der Waals surface area contributed by atoms with Crippen molar-refractivity contribution in [1.82, 2.24) is 0 Å². The normalized spacial score (nSPS) is 11.3. The van der Waals surface area contributed by atoms with Gasteiger partial charge in [0.15, 0.2) is 0 Å². The molecule has 0 atom stereocenters. The Morgan fingerprint density at radius 2 is 1.71 bits per heavy atom. The van der Waals surface area contributed by atoms with E-state index in [4.69, 9.17) is 27.9 Å². The number of alkyl halides is 2. The Bertz CT molecular complexity index is 663. The average Bonchev–Trinajstić information content (AvgIpc) is 2.36. The number of aryl methyl sites for hydroxylation is 1. The Labute approximate surface area is 131 Å². The summed E-state index contributed by atoms with van der Waals surface area (Å²) >= 11 is 11.6. The van der Waals surface area contributed by atoms with Crippen LogP contribution in [0.15, 0.2) is 49.0 Å². The monoisotopic (exact) mass is 328 g/mol. The first-order valence-electron chi connectivity index (χ1n) is 6.07. The van der Waals surface area contributed by atoms with Crippen LogP contribution in [0.5, 0.6) is 5.75 Å². The second-order valence-corrected chi connectivity index (χ2v) is 5.44. The number of ether oxygens (including phenoxy) is 1. The molecule has 0 N–H and O–H groups in total. The molecule has 0 aliphatic rings. The second kappa shape index (κ2) is 6.04. The molecule has 0 radical (unpaired) electrons. The minimum atomic E-state index is -3.57. The smallest absolute Gasteiger partial charge is 0.426 e. The van der Waals surface area contributed by atoms with Gasteiger partial charge < -0.3 is 4.74 Å². The predicted octanol–water partition coefficient (Wildman–Crippen LogP) is 5.99. The molecular weight excluding hydrogens is 317 g/mol. The van der Waals surface area contributed by atoms with E-state index in [1.54, 1.807) is 19.1 Å². The van der Waals surface area contributed by atoms with Gasteiger partial charge in [-0.2, -0.15) is 8.78 Å². The molecule has 2 aromatic carbocycles. The highest BCUT2D eigenvalue weighted by Crippen LogP contribution is 2.35. The number of rotatable bonds is 4. The highest BCUT2D eigenvalue weighted by molar-refractivity contribution is 6.34. The molecule has 0 amide bonds. The Morgan fingerprint density at radius 3 is 2.29 bits per heavy atom. The average molecular weight is 329 g/mol. The molecule has 0 aliphatic heterocycles. The Balaban J connectivity index is 2.27. The summed E-state index contributed by atoms with van der Waals surface area (Å²) in [5, 5.41) is 0.509. The maximum Gasteiger partial charge on any atom is 0.426 e. The van der Waals surface area contributed by atoms with Crippen LogP contribution >= 0.6 is 23.2 Å². The van der Waals surface area contributed by atoms with Crippen LogP contribution in [-0.4, -0.2) is 6.11 Å². The minimum absolute atomic E-state index is 0.0641. The Hall–Kier alpha value is -1.58. The highest BCUT2D eigenvalue weighted by Gasteiger charge is 2.37. The first kappa shape index (κ1) is 15.8. The summed E-state index contributed by atoms with van der Waals surface area (Å²) in [5.74, 6) is 0.0641. The van der Waals surface area contributed by atoms with E-state index in [0.717, 1.165) is 5.56 Å². The van der Waals surface area contributed by atoms with Gasteiger partial charge >= 0.3 is 6.11 Å². The fourth-order valence-corrected chi connectivity index (χ4v) is 2.31. The molecule has 0 aromatic heterocycles. The summed E-state index contributed by atoms with van der Waals surface area (Å²) < 4.78 is 33.1. The molecule has 0 fully saturated rings. The van der Waals surface area contributed by atoms with Crippen molar-refractivity contribution in [2.45, 2.75) is 13.0 Å². The first-order chi connectivity index (χ1) is 9.78. The Morgan fingerprint density at radius 1 is 1.10 bits per heavy atom. The van der Waals surface area contributed by atoms with Gasteiger partial charge in [-0.25, -0.2) is 0 Å². The van der Waals surface area contributed by atoms with Crippen LogP contribution in [0, 0.1) is 6.92 Å². The van der Waals surface area contributed by atoms with Crippen LogP contribution in [0.4, 0.5) is 8.78 Å².